The van der Waals surface area contributed by atoms with Crippen LogP contribution in [0.15, 0.2) is 0 Å². The zero-order valence-electron chi connectivity index (χ0n) is 4.70. The van der Waals surface area contributed by atoms with E-state index >= 15 is 0 Å². The molecule has 0 aliphatic carbocycles. The molecule has 7 heavy (non-hydrogen) atoms. The molecule has 0 nitrogen and oxygen atoms in total. The van der Waals surface area contributed by atoms with Crippen molar-refractivity contribution in [1.82, 2.24) is 0 Å². The van der Waals surface area contributed by atoms with Crippen molar-refractivity contribution in [3.63, 3.8) is 0 Å². The van der Waals surface area contributed by atoms with E-state index in [1.165, 1.54) is 27.3 Å². The summed E-state index contributed by atoms with van der Waals surface area (Å²) < 4.78 is 0. The SMILES string of the molecule is CCCCPPP. The van der Waals surface area contributed by atoms with E-state index in [2.05, 4.69) is 15.9 Å². The Labute approximate surface area is 51.8 Å². The van der Waals surface area contributed by atoms with Crippen molar-refractivity contribution in [2.24, 2.45) is 0 Å². The van der Waals surface area contributed by atoms with Gasteiger partial charge in [-0.15, -0.1) is 8.93 Å². The lowest BCUT2D eigenvalue weighted by Crippen LogP contribution is -1.67. The summed E-state index contributed by atoms with van der Waals surface area (Å²) in [5, 5.41) is 0. The maximum absolute atomic E-state index is 2.79. The maximum Gasteiger partial charge on any atom is -0.0314 e. The first kappa shape index (κ1) is 8.29. The highest BCUT2D eigenvalue weighted by atomic mass is 32.4. The summed E-state index contributed by atoms with van der Waals surface area (Å²) in [4.78, 5) is 0. The van der Waals surface area contributed by atoms with Gasteiger partial charge in [-0.1, -0.05) is 29.6 Å². The van der Waals surface area contributed by atoms with E-state index < -0.39 is 0 Å². The summed E-state index contributed by atoms with van der Waals surface area (Å²) >= 11 is 0. The van der Waals surface area contributed by atoms with Gasteiger partial charge in [-0.3, -0.25) is 0 Å². The predicted molar refractivity (Wildman–Crippen MR) is 46.1 cm³/mol. The van der Waals surface area contributed by atoms with Crippen molar-refractivity contribution in [3.05, 3.63) is 0 Å². The van der Waals surface area contributed by atoms with Gasteiger partial charge in [0.15, 0.2) is 0 Å². The Morgan fingerprint density at radius 3 is 2.71 bits per heavy atom. The van der Waals surface area contributed by atoms with E-state index in [0.29, 0.717) is 0 Å². The fourth-order valence-electron chi connectivity index (χ4n) is 0.337. The molecule has 0 aromatic heterocycles. The molecule has 44 valence electrons. The zero-order chi connectivity index (χ0) is 5.54. The molecule has 3 heteroatoms. The van der Waals surface area contributed by atoms with Gasteiger partial charge >= 0.3 is 0 Å². The maximum atomic E-state index is 2.79. The average molecular weight is 154 g/mol. The van der Waals surface area contributed by atoms with Crippen LogP contribution in [0.5, 0.6) is 0 Å². The first-order valence-electron chi connectivity index (χ1n) is 2.60. The summed E-state index contributed by atoms with van der Waals surface area (Å²) in [5.41, 5.74) is 0. The third kappa shape index (κ3) is 7.29. The van der Waals surface area contributed by atoms with Crippen LogP contribution in [0.2, 0.25) is 0 Å². The van der Waals surface area contributed by atoms with Gasteiger partial charge < -0.3 is 0 Å². The van der Waals surface area contributed by atoms with Crippen molar-refractivity contribution in [1.29, 1.82) is 0 Å². The summed E-state index contributed by atoms with van der Waals surface area (Å²) in [6, 6.07) is 0. The van der Waals surface area contributed by atoms with Crippen LogP contribution in [-0.2, 0) is 0 Å². The standard InChI is InChI=1S/C4H13P3/c1-2-3-4-6-7-5/h6-7H,2-5H2,1H3. The Balaban J connectivity index is 2.45. The highest BCUT2D eigenvalue weighted by Crippen LogP contribution is 2.43. The molecule has 0 aliphatic rings. The lowest BCUT2D eigenvalue weighted by atomic mass is 10.4. The number of hydrogen-bond acceptors (Lipinski definition) is 0. The third-order valence-electron chi connectivity index (χ3n) is 0.757. The van der Waals surface area contributed by atoms with Crippen molar-refractivity contribution in [2.75, 3.05) is 6.16 Å². The summed E-state index contributed by atoms with van der Waals surface area (Å²) in [6.45, 7) is 2.25. The van der Waals surface area contributed by atoms with E-state index in [1.54, 1.807) is 0 Å². The van der Waals surface area contributed by atoms with Crippen molar-refractivity contribution in [2.45, 2.75) is 19.8 Å². The second-order valence-corrected chi connectivity index (χ2v) is 7.09. The Morgan fingerprint density at radius 1 is 1.57 bits per heavy atom. The average Bonchev–Trinajstić information content (AvgIpc) is 1.69. The Bertz CT molecular complexity index is 26.1. The molecule has 0 fully saturated rings. The van der Waals surface area contributed by atoms with E-state index in [4.69, 9.17) is 0 Å². The molecular weight excluding hydrogens is 141 g/mol. The molecule has 0 radical (unpaired) electrons. The number of unbranched alkanes of at least 4 members (excludes halogenated alkanes) is 1. The van der Waals surface area contributed by atoms with Crippen LogP contribution in [0.4, 0.5) is 0 Å². The fourth-order valence-corrected chi connectivity index (χ4v) is 3.27. The van der Waals surface area contributed by atoms with Gasteiger partial charge in [0.2, 0.25) is 0 Å². The van der Waals surface area contributed by atoms with Crippen LogP contribution in [0.25, 0.3) is 0 Å². The minimum Gasteiger partial charge on any atom is -0.110 e. The van der Waals surface area contributed by atoms with Crippen molar-refractivity contribution < 1.29 is 0 Å². The molecule has 0 heterocycles. The van der Waals surface area contributed by atoms with Gasteiger partial charge in [0.05, 0.1) is 0 Å². The predicted octanol–water partition coefficient (Wildman–Crippen LogP) is 2.85. The molecule has 3 atom stereocenters. The van der Waals surface area contributed by atoms with Crippen LogP contribution in [0.3, 0.4) is 0 Å². The Morgan fingerprint density at radius 2 is 2.29 bits per heavy atom. The van der Waals surface area contributed by atoms with Crippen LogP contribution in [0, 0.1) is 0 Å². The largest absolute Gasteiger partial charge is 0.110 e. The summed E-state index contributed by atoms with van der Waals surface area (Å²) in [6.07, 6.45) is 4.25. The topological polar surface area (TPSA) is 0 Å². The monoisotopic (exact) mass is 154 g/mol. The molecule has 0 saturated carbocycles. The molecule has 0 aromatic carbocycles. The fraction of sp³-hybridized carbons (Fsp3) is 1.00. The molecular formula is C4H13P3. The van der Waals surface area contributed by atoms with Gasteiger partial charge in [0, 0.05) is 0 Å². The van der Waals surface area contributed by atoms with Crippen LogP contribution in [0.1, 0.15) is 19.8 Å². The molecule has 0 saturated heterocycles. The lowest BCUT2D eigenvalue weighted by Gasteiger charge is -1.91. The summed E-state index contributed by atoms with van der Waals surface area (Å²) in [5.74, 6) is 0. The van der Waals surface area contributed by atoms with Gasteiger partial charge in [0.25, 0.3) is 0 Å². The Kier molecular flexibility index (Phi) is 8.63. The number of rotatable bonds is 4. The van der Waals surface area contributed by atoms with Gasteiger partial charge in [-0.25, -0.2) is 0 Å². The first-order valence-corrected chi connectivity index (χ1v) is 7.62. The Hall–Kier alpha value is 1.29. The first-order chi connectivity index (χ1) is 3.41. The van der Waals surface area contributed by atoms with E-state index in [1.807, 2.05) is 0 Å². The van der Waals surface area contributed by atoms with Crippen LogP contribution >= 0.6 is 25.2 Å². The summed E-state index contributed by atoms with van der Waals surface area (Å²) in [7, 11) is 5.11. The molecule has 0 aromatic rings. The smallest absolute Gasteiger partial charge is 0.0314 e. The quantitative estimate of drug-likeness (QED) is 0.431. The minimum atomic E-state index is 1.11. The second-order valence-electron chi connectivity index (χ2n) is 1.42. The molecule has 3 unspecified atom stereocenters. The van der Waals surface area contributed by atoms with Crippen LogP contribution < -0.4 is 0 Å². The molecule has 0 bridgehead atoms. The van der Waals surface area contributed by atoms with Gasteiger partial charge in [-0.05, 0) is 12.6 Å². The van der Waals surface area contributed by atoms with E-state index in [0.717, 1.165) is 7.96 Å². The highest BCUT2D eigenvalue weighted by Gasteiger charge is 1.79. The highest BCUT2D eigenvalue weighted by molar-refractivity contribution is 8.38. The lowest BCUT2D eigenvalue weighted by molar-refractivity contribution is 0.896. The van der Waals surface area contributed by atoms with Gasteiger partial charge in [0.1, 0.15) is 0 Å². The molecule has 0 aliphatic heterocycles. The molecule has 0 rings (SSSR count). The molecule has 0 N–H and O–H groups in total. The number of hydrogen-bond donors (Lipinski definition) is 0. The van der Waals surface area contributed by atoms with E-state index in [9.17, 15) is 0 Å². The normalized spacial score (nSPS) is 12.9. The van der Waals surface area contributed by atoms with Gasteiger partial charge in [-0.2, -0.15) is 0 Å². The zero-order valence-corrected chi connectivity index (χ0v) is 7.85. The molecule has 0 spiro atoms. The minimum absolute atomic E-state index is 1.11. The van der Waals surface area contributed by atoms with Crippen molar-refractivity contribution in [3.8, 4) is 0 Å². The second kappa shape index (κ2) is 7.29. The molecule has 0 amide bonds. The van der Waals surface area contributed by atoms with Crippen LogP contribution in [-0.4, -0.2) is 6.16 Å². The van der Waals surface area contributed by atoms with Crippen molar-refractivity contribution >= 4 is 25.2 Å². The van der Waals surface area contributed by atoms with E-state index in [-0.39, 0.29) is 0 Å². The third-order valence-corrected chi connectivity index (χ3v) is 4.76.